The lowest BCUT2D eigenvalue weighted by molar-refractivity contribution is 0.104. The first-order chi connectivity index (χ1) is 13.7. The molecule has 0 radical (unpaired) electrons. The first-order valence-corrected chi connectivity index (χ1v) is 8.60. The highest BCUT2D eigenvalue weighted by atomic mass is 16.5. The molecule has 2 heterocycles. The summed E-state index contributed by atoms with van der Waals surface area (Å²) in [5.74, 6) is 0.256. The van der Waals surface area contributed by atoms with E-state index in [1.165, 1.54) is 13.2 Å². The number of aromatic nitrogens is 3. The number of nitrogens with one attached hydrogen (secondary N) is 1. The standard InChI is InChI=1S/C21H16N4O3/c1-22-21(27)28-16-9-5-8-15(12-16)18-10-11-23-20-17(13-24-25(18)20)19(26)14-6-3-2-4-7-14/h2-13H,1H3,(H,22,27). The monoisotopic (exact) mass is 372 g/mol. The van der Waals surface area contributed by atoms with Crippen LogP contribution < -0.4 is 10.1 Å². The third-order valence-electron chi connectivity index (χ3n) is 4.23. The van der Waals surface area contributed by atoms with Crippen LogP contribution in [0.25, 0.3) is 16.9 Å². The van der Waals surface area contributed by atoms with Crippen LogP contribution in [-0.2, 0) is 0 Å². The van der Waals surface area contributed by atoms with Gasteiger partial charge in [0.1, 0.15) is 5.75 Å². The summed E-state index contributed by atoms with van der Waals surface area (Å²) in [7, 11) is 1.49. The molecule has 2 aromatic heterocycles. The van der Waals surface area contributed by atoms with E-state index in [-0.39, 0.29) is 5.78 Å². The van der Waals surface area contributed by atoms with Gasteiger partial charge < -0.3 is 10.1 Å². The minimum atomic E-state index is -0.549. The van der Waals surface area contributed by atoms with E-state index in [2.05, 4.69) is 15.4 Å². The molecule has 0 spiro atoms. The molecule has 1 amide bonds. The molecule has 0 saturated carbocycles. The topological polar surface area (TPSA) is 85.6 Å². The second kappa shape index (κ2) is 7.32. The molecule has 0 aliphatic heterocycles. The number of fused-ring (bicyclic) bond motifs is 1. The van der Waals surface area contributed by atoms with Gasteiger partial charge in [0.05, 0.1) is 17.5 Å². The highest BCUT2D eigenvalue weighted by Gasteiger charge is 2.17. The Kier molecular flexibility index (Phi) is 4.55. The maximum Gasteiger partial charge on any atom is 0.412 e. The lowest BCUT2D eigenvalue weighted by Crippen LogP contribution is -2.21. The Morgan fingerprint density at radius 2 is 1.86 bits per heavy atom. The first kappa shape index (κ1) is 17.4. The predicted molar refractivity (Wildman–Crippen MR) is 103 cm³/mol. The highest BCUT2D eigenvalue weighted by molar-refractivity contribution is 6.12. The van der Waals surface area contributed by atoms with Crippen molar-refractivity contribution in [2.24, 2.45) is 0 Å². The Morgan fingerprint density at radius 1 is 1.04 bits per heavy atom. The zero-order chi connectivity index (χ0) is 19.5. The van der Waals surface area contributed by atoms with E-state index in [0.717, 1.165) is 11.3 Å². The molecule has 0 atom stereocenters. The summed E-state index contributed by atoms with van der Waals surface area (Å²) in [5.41, 5.74) is 2.95. The van der Waals surface area contributed by atoms with Crippen LogP contribution in [0.15, 0.2) is 73.1 Å². The molecule has 28 heavy (non-hydrogen) atoms. The zero-order valence-corrected chi connectivity index (χ0v) is 15.0. The van der Waals surface area contributed by atoms with E-state index < -0.39 is 6.09 Å². The van der Waals surface area contributed by atoms with Crippen LogP contribution in [0, 0.1) is 0 Å². The van der Waals surface area contributed by atoms with Crippen molar-refractivity contribution in [2.75, 3.05) is 7.05 Å². The van der Waals surface area contributed by atoms with Gasteiger partial charge in [-0.2, -0.15) is 5.10 Å². The number of rotatable bonds is 4. The van der Waals surface area contributed by atoms with Crippen molar-refractivity contribution in [1.82, 2.24) is 19.9 Å². The average molecular weight is 372 g/mol. The Balaban J connectivity index is 1.76. The number of amides is 1. The number of carbonyl (C=O) groups excluding carboxylic acids is 2. The van der Waals surface area contributed by atoms with Crippen LogP contribution in [0.1, 0.15) is 15.9 Å². The summed E-state index contributed by atoms with van der Waals surface area (Å²) in [6.45, 7) is 0. The summed E-state index contributed by atoms with van der Waals surface area (Å²) >= 11 is 0. The summed E-state index contributed by atoms with van der Waals surface area (Å²) in [5, 5.41) is 6.77. The molecule has 138 valence electrons. The zero-order valence-electron chi connectivity index (χ0n) is 15.0. The molecular formula is C21H16N4O3. The quantitative estimate of drug-likeness (QED) is 0.555. The maximum atomic E-state index is 12.8. The SMILES string of the molecule is CNC(=O)Oc1cccc(-c2ccnc3c(C(=O)c4ccccc4)cnn23)c1. The first-order valence-electron chi connectivity index (χ1n) is 8.60. The van der Waals surface area contributed by atoms with Crippen molar-refractivity contribution in [1.29, 1.82) is 0 Å². The van der Waals surface area contributed by atoms with Gasteiger partial charge in [0, 0.05) is 24.4 Å². The Bertz CT molecular complexity index is 1170. The molecule has 4 rings (SSSR count). The van der Waals surface area contributed by atoms with Crippen LogP contribution in [0.5, 0.6) is 5.75 Å². The summed E-state index contributed by atoms with van der Waals surface area (Å²) < 4.78 is 6.80. The molecule has 0 saturated heterocycles. The molecule has 0 aliphatic carbocycles. The fourth-order valence-corrected chi connectivity index (χ4v) is 2.89. The number of benzene rings is 2. The molecule has 2 aromatic carbocycles. The fraction of sp³-hybridized carbons (Fsp3) is 0.0476. The lowest BCUT2D eigenvalue weighted by atomic mass is 10.1. The Labute approximate surface area is 160 Å². The van der Waals surface area contributed by atoms with Crippen LogP contribution in [0.2, 0.25) is 0 Å². The van der Waals surface area contributed by atoms with E-state index in [4.69, 9.17) is 4.74 Å². The van der Waals surface area contributed by atoms with Crippen molar-refractivity contribution >= 4 is 17.5 Å². The van der Waals surface area contributed by atoms with Crippen LogP contribution in [-0.4, -0.2) is 33.5 Å². The normalized spacial score (nSPS) is 10.6. The van der Waals surface area contributed by atoms with Gasteiger partial charge in [-0.3, -0.25) is 4.79 Å². The average Bonchev–Trinajstić information content (AvgIpc) is 3.18. The largest absolute Gasteiger partial charge is 0.412 e. The number of ketones is 1. The van der Waals surface area contributed by atoms with Crippen molar-refractivity contribution in [3.63, 3.8) is 0 Å². The molecule has 7 nitrogen and oxygen atoms in total. The van der Waals surface area contributed by atoms with E-state index >= 15 is 0 Å². The number of ether oxygens (including phenoxy) is 1. The third kappa shape index (κ3) is 3.21. The van der Waals surface area contributed by atoms with Crippen molar-refractivity contribution in [3.8, 4) is 17.0 Å². The number of hydrogen-bond acceptors (Lipinski definition) is 5. The van der Waals surface area contributed by atoms with Gasteiger partial charge in [-0.15, -0.1) is 0 Å². The van der Waals surface area contributed by atoms with Crippen LogP contribution in [0.4, 0.5) is 4.79 Å². The van der Waals surface area contributed by atoms with E-state index in [1.807, 2.05) is 24.3 Å². The molecule has 1 N–H and O–H groups in total. The van der Waals surface area contributed by atoms with Crippen LogP contribution in [0.3, 0.4) is 0 Å². The second-order valence-electron chi connectivity index (χ2n) is 5.99. The molecular weight excluding hydrogens is 356 g/mol. The number of hydrogen-bond donors (Lipinski definition) is 1. The Hall–Kier alpha value is -4.00. The molecule has 0 fully saturated rings. The van der Waals surface area contributed by atoms with Crippen molar-refractivity contribution < 1.29 is 14.3 Å². The molecule has 0 unspecified atom stereocenters. The van der Waals surface area contributed by atoms with Gasteiger partial charge in [0.25, 0.3) is 0 Å². The summed E-state index contributed by atoms with van der Waals surface area (Å²) in [6, 6.07) is 17.9. The lowest BCUT2D eigenvalue weighted by Gasteiger charge is -2.08. The predicted octanol–water partition coefficient (Wildman–Crippen LogP) is 3.35. The van der Waals surface area contributed by atoms with Gasteiger partial charge in [0.15, 0.2) is 11.4 Å². The van der Waals surface area contributed by atoms with E-state index in [1.54, 1.807) is 47.1 Å². The summed E-state index contributed by atoms with van der Waals surface area (Å²) in [6.07, 6.45) is 2.60. The maximum absolute atomic E-state index is 12.8. The van der Waals surface area contributed by atoms with Gasteiger partial charge in [-0.05, 0) is 18.2 Å². The number of nitrogens with zero attached hydrogens (tertiary/aromatic N) is 3. The van der Waals surface area contributed by atoms with E-state index in [9.17, 15) is 9.59 Å². The smallest absolute Gasteiger partial charge is 0.410 e. The Morgan fingerprint density at radius 3 is 2.64 bits per heavy atom. The van der Waals surface area contributed by atoms with Crippen LogP contribution >= 0.6 is 0 Å². The molecule has 0 aliphatic rings. The molecule has 7 heteroatoms. The fourth-order valence-electron chi connectivity index (χ4n) is 2.89. The second-order valence-corrected chi connectivity index (χ2v) is 5.99. The summed E-state index contributed by atoms with van der Waals surface area (Å²) in [4.78, 5) is 28.6. The van der Waals surface area contributed by atoms with Gasteiger partial charge in [0.2, 0.25) is 0 Å². The van der Waals surface area contributed by atoms with Gasteiger partial charge in [-0.1, -0.05) is 42.5 Å². The van der Waals surface area contributed by atoms with Gasteiger partial charge in [-0.25, -0.2) is 14.3 Å². The third-order valence-corrected chi connectivity index (χ3v) is 4.23. The minimum absolute atomic E-state index is 0.142. The highest BCUT2D eigenvalue weighted by Crippen LogP contribution is 2.25. The molecule has 0 bridgehead atoms. The van der Waals surface area contributed by atoms with Gasteiger partial charge >= 0.3 is 6.09 Å². The van der Waals surface area contributed by atoms with Crippen molar-refractivity contribution in [2.45, 2.75) is 0 Å². The number of carbonyl (C=O) groups is 2. The molecule has 4 aromatic rings. The van der Waals surface area contributed by atoms with E-state index in [0.29, 0.717) is 22.5 Å². The van der Waals surface area contributed by atoms with Crippen molar-refractivity contribution in [3.05, 3.63) is 84.2 Å². The minimum Gasteiger partial charge on any atom is -0.410 e.